The SMILES string of the molecule is CCCN(C(=O)CN(C)C(C)=O)C(CC)C(=O)OCC. The van der Waals surface area contributed by atoms with Gasteiger partial charge in [0.05, 0.1) is 13.2 Å². The predicted molar refractivity (Wildman–Crippen MR) is 76.0 cm³/mol. The minimum absolute atomic E-state index is 0.0226. The van der Waals surface area contributed by atoms with Crippen molar-refractivity contribution in [2.75, 3.05) is 26.7 Å². The lowest BCUT2D eigenvalue weighted by atomic mass is 10.1. The molecule has 0 saturated heterocycles. The highest BCUT2D eigenvalue weighted by Gasteiger charge is 2.29. The molecular weight excluding hydrogens is 260 g/mol. The minimum Gasteiger partial charge on any atom is -0.464 e. The number of carbonyl (C=O) groups is 3. The zero-order valence-electron chi connectivity index (χ0n) is 13.1. The molecule has 0 fully saturated rings. The quantitative estimate of drug-likeness (QED) is 0.625. The van der Waals surface area contributed by atoms with Crippen LogP contribution >= 0.6 is 0 Å². The molecule has 1 atom stereocenters. The summed E-state index contributed by atoms with van der Waals surface area (Å²) in [5.41, 5.74) is 0. The number of rotatable bonds is 8. The Kier molecular flexibility index (Phi) is 8.59. The number of esters is 1. The van der Waals surface area contributed by atoms with Crippen molar-refractivity contribution >= 4 is 17.8 Å². The third-order valence-electron chi connectivity index (χ3n) is 3.02. The monoisotopic (exact) mass is 286 g/mol. The van der Waals surface area contributed by atoms with E-state index in [-0.39, 0.29) is 30.9 Å². The van der Waals surface area contributed by atoms with Gasteiger partial charge in [0.1, 0.15) is 6.04 Å². The van der Waals surface area contributed by atoms with Crippen molar-refractivity contribution < 1.29 is 19.1 Å². The summed E-state index contributed by atoms with van der Waals surface area (Å²) in [5, 5.41) is 0. The minimum atomic E-state index is -0.581. The first-order valence-electron chi connectivity index (χ1n) is 7.06. The number of likely N-dealkylation sites (N-methyl/N-ethyl adjacent to an activating group) is 1. The van der Waals surface area contributed by atoms with Gasteiger partial charge in [-0.2, -0.15) is 0 Å². The first-order chi connectivity index (χ1) is 9.38. The summed E-state index contributed by atoms with van der Waals surface area (Å²) in [4.78, 5) is 38.2. The Balaban J connectivity index is 4.94. The maximum atomic E-state index is 12.3. The number of hydrogen-bond donors (Lipinski definition) is 0. The standard InChI is InChI=1S/C14H26N2O4/c1-6-9-16(12(7-2)14(19)20-8-3)13(18)10-15(5)11(4)17/h12H,6-10H2,1-5H3. The number of hydrogen-bond acceptors (Lipinski definition) is 4. The molecule has 0 aromatic carbocycles. The number of carbonyl (C=O) groups excluding carboxylic acids is 3. The fourth-order valence-corrected chi connectivity index (χ4v) is 1.85. The highest BCUT2D eigenvalue weighted by molar-refractivity contribution is 5.87. The van der Waals surface area contributed by atoms with Crippen LogP contribution in [0.1, 0.15) is 40.5 Å². The highest BCUT2D eigenvalue weighted by atomic mass is 16.5. The third kappa shape index (κ3) is 5.59. The van der Waals surface area contributed by atoms with Gasteiger partial charge in [0.15, 0.2) is 0 Å². The fraction of sp³-hybridized carbons (Fsp3) is 0.786. The molecule has 6 heteroatoms. The molecule has 2 amide bonds. The van der Waals surface area contributed by atoms with E-state index < -0.39 is 6.04 Å². The Hall–Kier alpha value is -1.59. The van der Waals surface area contributed by atoms with E-state index in [4.69, 9.17) is 4.74 Å². The number of ether oxygens (including phenoxy) is 1. The van der Waals surface area contributed by atoms with Gasteiger partial charge in [-0.15, -0.1) is 0 Å². The zero-order chi connectivity index (χ0) is 15.7. The van der Waals surface area contributed by atoms with Gasteiger partial charge in [-0.3, -0.25) is 9.59 Å². The Bertz CT molecular complexity index is 344. The maximum Gasteiger partial charge on any atom is 0.328 e. The maximum absolute atomic E-state index is 12.3. The van der Waals surface area contributed by atoms with E-state index in [0.29, 0.717) is 13.0 Å². The van der Waals surface area contributed by atoms with Gasteiger partial charge in [0.2, 0.25) is 11.8 Å². The zero-order valence-corrected chi connectivity index (χ0v) is 13.1. The smallest absolute Gasteiger partial charge is 0.328 e. The molecule has 0 bridgehead atoms. The van der Waals surface area contributed by atoms with Crippen LogP contribution in [0.4, 0.5) is 0 Å². The van der Waals surface area contributed by atoms with Crippen LogP contribution < -0.4 is 0 Å². The van der Waals surface area contributed by atoms with Crippen molar-refractivity contribution in [1.29, 1.82) is 0 Å². The van der Waals surface area contributed by atoms with Crippen LogP contribution in [-0.2, 0) is 19.1 Å². The van der Waals surface area contributed by atoms with Crippen molar-refractivity contribution in [1.82, 2.24) is 9.80 Å². The molecular formula is C14H26N2O4. The highest BCUT2D eigenvalue weighted by Crippen LogP contribution is 2.09. The van der Waals surface area contributed by atoms with Crippen LogP contribution in [-0.4, -0.2) is 60.4 Å². The lowest BCUT2D eigenvalue weighted by Crippen LogP contribution is -2.49. The van der Waals surface area contributed by atoms with Crippen LogP contribution in [0.15, 0.2) is 0 Å². The largest absolute Gasteiger partial charge is 0.464 e. The Labute approximate surface area is 121 Å². The fourth-order valence-electron chi connectivity index (χ4n) is 1.85. The molecule has 0 aliphatic rings. The molecule has 0 radical (unpaired) electrons. The number of nitrogens with zero attached hydrogens (tertiary/aromatic N) is 2. The Morgan fingerprint density at radius 3 is 2.15 bits per heavy atom. The van der Waals surface area contributed by atoms with Crippen molar-refractivity contribution in [3.05, 3.63) is 0 Å². The summed E-state index contributed by atoms with van der Waals surface area (Å²) in [7, 11) is 1.57. The van der Waals surface area contributed by atoms with E-state index in [1.807, 2.05) is 13.8 Å². The van der Waals surface area contributed by atoms with Crippen LogP contribution in [0.2, 0.25) is 0 Å². The third-order valence-corrected chi connectivity index (χ3v) is 3.02. The summed E-state index contributed by atoms with van der Waals surface area (Å²) in [6.07, 6.45) is 1.24. The van der Waals surface area contributed by atoms with Gasteiger partial charge >= 0.3 is 5.97 Å². The second-order valence-electron chi connectivity index (χ2n) is 4.64. The molecule has 0 heterocycles. The number of amides is 2. The molecule has 0 aromatic rings. The van der Waals surface area contributed by atoms with Crippen LogP contribution in [0.5, 0.6) is 0 Å². The average molecular weight is 286 g/mol. The first-order valence-corrected chi connectivity index (χ1v) is 7.06. The first kappa shape index (κ1) is 18.4. The molecule has 1 unspecified atom stereocenters. The van der Waals surface area contributed by atoms with Crippen molar-refractivity contribution in [2.45, 2.75) is 46.6 Å². The molecule has 20 heavy (non-hydrogen) atoms. The summed E-state index contributed by atoms with van der Waals surface area (Å²) >= 11 is 0. The van der Waals surface area contributed by atoms with E-state index in [1.165, 1.54) is 16.7 Å². The predicted octanol–water partition coefficient (Wildman–Crippen LogP) is 1.04. The van der Waals surface area contributed by atoms with Gasteiger partial charge < -0.3 is 14.5 Å². The van der Waals surface area contributed by atoms with E-state index in [0.717, 1.165) is 6.42 Å². The van der Waals surface area contributed by atoms with Gasteiger partial charge in [0, 0.05) is 20.5 Å². The van der Waals surface area contributed by atoms with Crippen LogP contribution in [0, 0.1) is 0 Å². The summed E-state index contributed by atoms with van der Waals surface area (Å²) < 4.78 is 5.01. The molecule has 0 saturated carbocycles. The second-order valence-corrected chi connectivity index (χ2v) is 4.64. The van der Waals surface area contributed by atoms with Crippen molar-refractivity contribution in [3.8, 4) is 0 Å². The van der Waals surface area contributed by atoms with Gasteiger partial charge in [0.25, 0.3) is 0 Å². The molecule has 0 rings (SSSR count). The van der Waals surface area contributed by atoms with Crippen molar-refractivity contribution in [2.24, 2.45) is 0 Å². The molecule has 116 valence electrons. The van der Waals surface area contributed by atoms with E-state index >= 15 is 0 Å². The lowest BCUT2D eigenvalue weighted by molar-refractivity contribution is -0.155. The normalized spacial score (nSPS) is 11.7. The van der Waals surface area contributed by atoms with Crippen LogP contribution in [0.3, 0.4) is 0 Å². The molecule has 6 nitrogen and oxygen atoms in total. The van der Waals surface area contributed by atoms with E-state index in [1.54, 1.807) is 14.0 Å². The second kappa shape index (κ2) is 9.34. The van der Waals surface area contributed by atoms with Crippen molar-refractivity contribution in [3.63, 3.8) is 0 Å². The summed E-state index contributed by atoms with van der Waals surface area (Å²) in [5.74, 6) is -0.800. The summed E-state index contributed by atoms with van der Waals surface area (Å²) in [6, 6.07) is -0.581. The molecule has 0 aliphatic heterocycles. The Morgan fingerprint density at radius 2 is 1.75 bits per heavy atom. The summed E-state index contributed by atoms with van der Waals surface area (Å²) in [6.45, 7) is 7.66. The van der Waals surface area contributed by atoms with Gasteiger partial charge in [-0.05, 0) is 19.8 Å². The average Bonchev–Trinajstić information content (AvgIpc) is 2.38. The molecule has 0 aliphatic carbocycles. The van der Waals surface area contributed by atoms with E-state index in [2.05, 4.69) is 0 Å². The Morgan fingerprint density at radius 1 is 1.15 bits per heavy atom. The van der Waals surface area contributed by atoms with Crippen LogP contribution in [0.25, 0.3) is 0 Å². The van der Waals surface area contributed by atoms with Gasteiger partial charge in [-0.1, -0.05) is 13.8 Å². The molecule has 0 spiro atoms. The van der Waals surface area contributed by atoms with E-state index in [9.17, 15) is 14.4 Å². The molecule has 0 N–H and O–H groups in total. The van der Waals surface area contributed by atoms with Gasteiger partial charge in [-0.25, -0.2) is 4.79 Å². The lowest BCUT2D eigenvalue weighted by Gasteiger charge is -2.30. The topological polar surface area (TPSA) is 66.9 Å². The molecule has 0 aromatic heterocycles.